The molecule has 2 aromatic carbocycles. The average Bonchev–Trinajstić information content (AvgIpc) is 3.21. The number of rotatable bonds is 7. The maximum Gasteiger partial charge on any atom is 0.271 e. The summed E-state index contributed by atoms with van der Waals surface area (Å²) in [6.07, 6.45) is 5.35. The van der Waals surface area contributed by atoms with Crippen LogP contribution in [0.15, 0.2) is 48.5 Å². The molecule has 184 valence electrons. The van der Waals surface area contributed by atoms with Crippen LogP contribution in [0.25, 0.3) is 0 Å². The number of benzene rings is 2. The van der Waals surface area contributed by atoms with E-state index in [1.165, 1.54) is 17.8 Å². The first-order valence-electron chi connectivity index (χ1n) is 12.2. The van der Waals surface area contributed by atoms with Gasteiger partial charge in [0.2, 0.25) is 5.91 Å². The standard InChI is InChI=1S/C28H33N3O3S/c1-18-10-14-23(15-11-18)31(28(33)26-19(2)29-20(3)35-26)25(21-12-16-24(34-4)17-13-21)27(32)30-22-8-6-5-7-9-22/h10-17,22,25H,5-9H2,1-4H3,(H,30,32)/t25-/m1/s1. The normalized spacial score (nSPS) is 14.9. The molecule has 3 aromatic rings. The van der Waals surface area contributed by atoms with Gasteiger partial charge >= 0.3 is 0 Å². The minimum Gasteiger partial charge on any atom is -0.497 e. The van der Waals surface area contributed by atoms with Gasteiger partial charge in [0.05, 0.1) is 17.8 Å². The number of aryl methyl sites for hydroxylation is 3. The lowest BCUT2D eigenvalue weighted by molar-refractivity contribution is -0.123. The number of ether oxygens (including phenoxy) is 1. The number of carbonyl (C=O) groups excluding carboxylic acids is 2. The van der Waals surface area contributed by atoms with Crippen molar-refractivity contribution in [3.05, 3.63) is 75.2 Å². The molecule has 7 heteroatoms. The molecule has 1 N–H and O–H groups in total. The predicted molar refractivity (Wildman–Crippen MR) is 140 cm³/mol. The molecule has 0 saturated heterocycles. The van der Waals surface area contributed by atoms with Gasteiger partial charge in [-0.25, -0.2) is 4.98 Å². The maximum absolute atomic E-state index is 14.1. The zero-order valence-corrected chi connectivity index (χ0v) is 21.7. The summed E-state index contributed by atoms with van der Waals surface area (Å²) in [5.41, 5.74) is 3.16. The van der Waals surface area contributed by atoms with Gasteiger partial charge in [0.25, 0.3) is 5.91 Å². The van der Waals surface area contributed by atoms with Crippen LogP contribution in [-0.4, -0.2) is 29.9 Å². The summed E-state index contributed by atoms with van der Waals surface area (Å²) >= 11 is 1.36. The van der Waals surface area contributed by atoms with Crippen LogP contribution in [0.1, 0.15) is 69.6 Å². The number of nitrogens with zero attached hydrogens (tertiary/aromatic N) is 2. The molecule has 1 saturated carbocycles. The summed E-state index contributed by atoms with van der Waals surface area (Å²) in [6, 6.07) is 14.4. The van der Waals surface area contributed by atoms with Crippen molar-refractivity contribution in [2.45, 2.75) is 65.0 Å². The van der Waals surface area contributed by atoms with E-state index in [9.17, 15) is 9.59 Å². The fourth-order valence-corrected chi connectivity index (χ4v) is 5.52. The number of hydrogen-bond donors (Lipinski definition) is 1. The second-order valence-electron chi connectivity index (χ2n) is 9.18. The van der Waals surface area contributed by atoms with Gasteiger partial charge in [-0.05, 0) is 63.4 Å². The Morgan fingerprint density at radius 2 is 1.66 bits per heavy atom. The molecule has 0 radical (unpaired) electrons. The Bertz CT molecular complexity index is 1170. The SMILES string of the molecule is COc1ccc([C@H](C(=O)NC2CCCCC2)N(C(=O)c2sc(C)nc2C)c2ccc(C)cc2)cc1. The number of nitrogens with one attached hydrogen (secondary N) is 1. The summed E-state index contributed by atoms with van der Waals surface area (Å²) in [5.74, 6) is 0.300. The molecule has 0 aliphatic heterocycles. The number of hydrogen-bond acceptors (Lipinski definition) is 5. The van der Waals surface area contributed by atoms with Crippen LogP contribution < -0.4 is 15.0 Å². The molecular formula is C28H33N3O3S. The molecule has 1 aliphatic carbocycles. The van der Waals surface area contributed by atoms with Crippen molar-refractivity contribution in [2.75, 3.05) is 12.0 Å². The summed E-state index contributed by atoms with van der Waals surface area (Å²) in [7, 11) is 1.61. The fourth-order valence-electron chi connectivity index (χ4n) is 4.66. The Labute approximate surface area is 211 Å². The molecule has 1 heterocycles. The molecule has 6 nitrogen and oxygen atoms in total. The van der Waals surface area contributed by atoms with E-state index in [0.29, 0.717) is 22.0 Å². The van der Waals surface area contributed by atoms with Crippen LogP contribution in [0.3, 0.4) is 0 Å². The number of amides is 2. The van der Waals surface area contributed by atoms with Gasteiger partial charge in [-0.1, -0.05) is 49.1 Å². The number of anilines is 1. The zero-order chi connectivity index (χ0) is 24.9. The van der Waals surface area contributed by atoms with Gasteiger partial charge in [-0.15, -0.1) is 11.3 Å². The molecule has 1 fully saturated rings. The van der Waals surface area contributed by atoms with Crippen molar-refractivity contribution in [3.63, 3.8) is 0 Å². The van der Waals surface area contributed by atoms with Crippen molar-refractivity contribution >= 4 is 28.8 Å². The van der Waals surface area contributed by atoms with E-state index >= 15 is 0 Å². The molecule has 0 unspecified atom stereocenters. The highest BCUT2D eigenvalue weighted by Crippen LogP contribution is 2.33. The third-order valence-electron chi connectivity index (χ3n) is 6.52. The Morgan fingerprint density at radius 1 is 1.00 bits per heavy atom. The van der Waals surface area contributed by atoms with Gasteiger partial charge in [-0.3, -0.25) is 14.5 Å². The minimum atomic E-state index is -0.833. The van der Waals surface area contributed by atoms with Gasteiger partial charge < -0.3 is 10.1 Å². The van der Waals surface area contributed by atoms with Crippen LogP contribution in [0.4, 0.5) is 5.69 Å². The first-order chi connectivity index (χ1) is 16.9. The van der Waals surface area contributed by atoms with Crippen molar-refractivity contribution in [1.82, 2.24) is 10.3 Å². The first-order valence-corrected chi connectivity index (χ1v) is 13.0. The first kappa shape index (κ1) is 24.9. The molecule has 35 heavy (non-hydrogen) atoms. The third kappa shape index (κ3) is 5.73. The Kier molecular flexibility index (Phi) is 7.86. The third-order valence-corrected chi connectivity index (χ3v) is 7.58. The van der Waals surface area contributed by atoms with E-state index in [0.717, 1.165) is 41.8 Å². The number of carbonyl (C=O) groups is 2. The quantitative estimate of drug-likeness (QED) is 0.446. The van der Waals surface area contributed by atoms with Crippen LogP contribution in [-0.2, 0) is 4.79 Å². The number of aromatic nitrogens is 1. The second-order valence-corrected chi connectivity index (χ2v) is 10.4. The van der Waals surface area contributed by atoms with E-state index in [1.807, 2.05) is 69.3 Å². The van der Waals surface area contributed by atoms with Crippen LogP contribution in [0.2, 0.25) is 0 Å². The van der Waals surface area contributed by atoms with E-state index < -0.39 is 6.04 Å². The highest BCUT2D eigenvalue weighted by Gasteiger charge is 2.36. The predicted octanol–water partition coefficient (Wildman–Crippen LogP) is 5.91. The number of thiazole rings is 1. The van der Waals surface area contributed by atoms with Crippen LogP contribution >= 0.6 is 11.3 Å². The number of methoxy groups -OCH3 is 1. The summed E-state index contributed by atoms with van der Waals surface area (Å²) in [6.45, 7) is 5.74. The van der Waals surface area contributed by atoms with E-state index in [-0.39, 0.29) is 17.9 Å². The van der Waals surface area contributed by atoms with Gasteiger partial charge in [0, 0.05) is 11.7 Å². The van der Waals surface area contributed by atoms with Gasteiger partial charge in [0.1, 0.15) is 16.7 Å². The summed E-state index contributed by atoms with van der Waals surface area (Å²) in [4.78, 5) is 34.7. The Hall–Kier alpha value is -3.19. The zero-order valence-electron chi connectivity index (χ0n) is 20.8. The fraction of sp³-hybridized carbons (Fsp3) is 0.393. The molecule has 1 aliphatic rings. The van der Waals surface area contributed by atoms with Crippen molar-refractivity contribution in [1.29, 1.82) is 0 Å². The van der Waals surface area contributed by atoms with Crippen molar-refractivity contribution in [3.8, 4) is 5.75 Å². The summed E-state index contributed by atoms with van der Waals surface area (Å²) in [5, 5.41) is 4.08. The topological polar surface area (TPSA) is 71.5 Å². The summed E-state index contributed by atoms with van der Waals surface area (Å²) < 4.78 is 5.34. The average molecular weight is 492 g/mol. The van der Waals surface area contributed by atoms with Crippen molar-refractivity contribution in [2.24, 2.45) is 0 Å². The Balaban J connectivity index is 1.81. The largest absolute Gasteiger partial charge is 0.497 e. The molecule has 1 aromatic heterocycles. The van der Waals surface area contributed by atoms with E-state index in [1.54, 1.807) is 12.0 Å². The van der Waals surface area contributed by atoms with E-state index in [2.05, 4.69) is 10.3 Å². The van der Waals surface area contributed by atoms with Crippen molar-refractivity contribution < 1.29 is 14.3 Å². The van der Waals surface area contributed by atoms with Gasteiger partial charge in [-0.2, -0.15) is 0 Å². The van der Waals surface area contributed by atoms with Gasteiger partial charge in [0.15, 0.2) is 0 Å². The molecule has 0 spiro atoms. The molecule has 0 bridgehead atoms. The minimum absolute atomic E-state index is 0.124. The lowest BCUT2D eigenvalue weighted by Crippen LogP contribution is -2.47. The smallest absolute Gasteiger partial charge is 0.271 e. The molecule has 1 atom stereocenters. The van der Waals surface area contributed by atoms with E-state index in [4.69, 9.17) is 4.74 Å². The highest BCUT2D eigenvalue weighted by molar-refractivity contribution is 7.13. The highest BCUT2D eigenvalue weighted by atomic mass is 32.1. The lowest BCUT2D eigenvalue weighted by atomic mass is 9.94. The lowest BCUT2D eigenvalue weighted by Gasteiger charge is -2.33. The molecular weight excluding hydrogens is 458 g/mol. The van der Waals surface area contributed by atoms with Crippen LogP contribution in [0.5, 0.6) is 5.75 Å². The maximum atomic E-state index is 14.1. The second kappa shape index (κ2) is 11.0. The molecule has 4 rings (SSSR count). The molecule has 2 amide bonds. The monoisotopic (exact) mass is 491 g/mol. The Morgan fingerprint density at radius 3 is 2.23 bits per heavy atom. The van der Waals surface area contributed by atoms with Crippen LogP contribution in [0, 0.1) is 20.8 Å².